The number of phenols is 1. The van der Waals surface area contributed by atoms with Crippen molar-refractivity contribution in [1.29, 1.82) is 0 Å². The minimum atomic E-state index is 0.157. The molecule has 0 fully saturated rings. The van der Waals surface area contributed by atoms with Crippen molar-refractivity contribution in [3.05, 3.63) is 42.7 Å². The van der Waals surface area contributed by atoms with Gasteiger partial charge in [-0.3, -0.25) is 5.10 Å². The zero-order valence-corrected chi connectivity index (χ0v) is 8.79. The van der Waals surface area contributed by atoms with Crippen LogP contribution in [0.4, 0.5) is 0 Å². The highest BCUT2D eigenvalue weighted by atomic mass is 16.5. The van der Waals surface area contributed by atoms with E-state index in [4.69, 9.17) is 4.52 Å². The molecule has 2 N–H and O–H groups in total. The Morgan fingerprint density at radius 3 is 2.76 bits per heavy atom. The van der Waals surface area contributed by atoms with E-state index < -0.39 is 0 Å². The Morgan fingerprint density at radius 1 is 1.12 bits per heavy atom. The lowest BCUT2D eigenvalue weighted by molar-refractivity contribution is 0.426. The number of hydrogen-bond donors (Lipinski definition) is 2. The fraction of sp³-hybridized carbons (Fsp3) is 0. The summed E-state index contributed by atoms with van der Waals surface area (Å²) in [5, 5.41) is 20.2. The number of aromatic amines is 1. The normalized spacial score (nSPS) is 10.6. The monoisotopic (exact) mass is 227 g/mol. The van der Waals surface area contributed by atoms with E-state index in [0.29, 0.717) is 11.3 Å². The second kappa shape index (κ2) is 3.79. The highest BCUT2D eigenvalue weighted by Crippen LogP contribution is 2.32. The van der Waals surface area contributed by atoms with Crippen LogP contribution < -0.4 is 0 Å². The molecule has 84 valence electrons. The summed E-state index contributed by atoms with van der Waals surface area (Å²) < 4.78 is 5.04. The number of benzene rings is 1. The zero-order valence-electron chi connectivity index (χ0n) is 8.79. The van der Waals surface area contributed by atoms with Gasteiger partial charge in [-0.25, -0.2) is 0 Å². The SMILES string of the molecule is Oc1ccc(-c2ccn[nH]2)cc1-c1ccno1. The number of hydrogen-bond acceptors (Lipinski definition) is 4. The van der Waals surface area contributed by atoms with Crippen LogP contribution in [0.2, 0.25) is 0 Å². The lowest BCUT2D eigenvalue weighted by Gasteiger charge is -2.03. The average Bonchev–Trinajstić information content (AvgIpc) is 3.03. The van der Waals surface area contributed by atoms with E-state index in [1.54, 1.807) is 18.3 Å². The fourth-order valence-corrected chi connectivity index (χ4v) is 1.67. The van der Waals surface area contributed by atoms with Crippen LogP contribution in [0.3, 0.4) is 0 Å². The Morgan fingerprint density at radius 2 is 2.06 bits per heavy atom. The molecule has 0 amide bonds. The zero-order chi connectivity index (χ0) is 11.7. The van der Waals surface area contributed by atoms with E-state index in [0.717, 1.165) is 11.3 Å². The summed E-state index contributed by atoms with van der Waals surface area (Å²) in [7, 11) is 0. The maximum absolute atomic E-state index is 9.79. The Labute approximate surface area is 96.7 Å². The van der Waals surface area contributed by atoms with Crippen LogP contribution in [0.25, 0.3) is 22.6 Å². The number of nitrogens with one attached hydrogen (secondary N) is 1. The molecule has 0 saturated carbocycles. The molecule has 5 heteroatoms. The van der Waals surface area contributed by atoms with Crippen molar-refractivity contribution in [1.82, 2.24) is 15.4 Å². The smallest absolute Gasteiger partial charge is 0.170 e. The summed E-state index contributed by atoms with van der Waals surface area (Å²) in [6.45, 7) is 0. The first-order valence-electron chi connectivity index (χ1n) is 5.08. The highest BCUT2D eigenvalue weighted by molar-refractivity contribution is 5.73. The molecule has 0 spiro atoms. The van der Waals surface area contributed by atoms with Crippen LogP contribution in [-0.2, 0) is 0 Å². The molecule has 3 aromatic rings. The maximum Gasteiger partial charge on any atom is 0.170 e. The van der Waals surface area contributed by atoms with E-state index in [1.165, 1.54) is 6.20 Å². The molecule has 5 nitrogen and oxygen atoms in total. The van der Waals surface area contributed by atoms with Gasteiger partial charge >= 0.3 is 0 Å². The minimum absolute atomic E-state index is 0.157. The van der Waals surface area contributed by atoms with E-state index in [1.807, 2.05) is 18.2 Å². The molecular formula is C12H9N3O2. The Hall–Kier alpha value is -2.56. The molecule has 0 atom stereocenters. The van der Waals surface area contributed by atoms with Crippen molar-refractivity contribution in [2.24, 2.45) is 0 Å². The molecule has 1 aromatic carbocycles. The second-order valence-electron chi connectivity index (χ2n) is 3.58. The first-order valence-corrected chi connectivity index (χ1v) is 5.08. The van der Waals surface area contributed by atoms with Crippen LogP contribution in [0.1, 0.15) is 0 Å². The summed E-state index contributed by atoms with van der Waals surface area (Å²) in [6, 6.07) is 8.81. The van der Waals surface area contributed by atoms with Crippen LogP contribution >= 0.6 is 0 Å². The number of aromatic hydroxyl groups is 1. The molecule has 0 unspecified atom stereocenters. The van der Waals surface area contributed by atoms with E-state index in [9.17, 15) is 5.11 Å². The molecule has 0 saturated heterocycles. The van der Waals surface area contributed by atoms with Gasteiger partial charge in [-0.2, -0.15) is 5.10 Å². The second-order valence-corrected chi connectivity index (χ2v) is 3.58. The number of rotatable bonds is 2. The predicted octanol–water partition coefficient (Wildman–Crippen LogP) is 2.44. The van der Waals surface area contributed by atoms with Gasteiger partial charge in [0.25, 0.3) is 0 Å². The quantitative estimate of drug-likeness (QED) is 0.705. The Kier molecular flexibility index (Phi) is 2.15. The van der Waals surface area contributed by atoms with Gasteiger partial charge in [-0.1, -0.05) is 5.16 Å². The van der Waals surface area contributed by atoms with Gasteiger partial charge < -0.3 is 9.63 Å². The number of phenolic OH excluding ortho intramolecular Hbond substituents is 1. The largest absolute Gasteiger partial charge is 0.507 e. The Bertz CT molecular complexity index is 615. The molecule has 0 bridgehead atoms. The van der Waals surface area contributed by atoms with E-state index in [-0.39, 0.29) is 5.75 Å². The molecule has 17 heavy (non-hydrogen) atoms. The van der Waals surface area contributed by atoms with Gasteiger partial charge in [0.2, 0.25) is 0 Å². The van der Waals surface area contributed by atoms with Crippen molar-refractivity contribution in [2.75, 3.05) is 0 Å². The van der Waals surface area contributed by atoms with Gasteiger partial charge in [0.15, 0.2) is 5.76 Å². The first-order chi connectivity index (χ1) is 8.34. The van der Waals surface area contributed by atoms with Crippen molar-refractivity contribution >= 4 is 0 Å². The predicted molar refractivity (Wildman–Crippen MR) is 61.2 cm³/mol. The summed E-state index contributed by atoms with van der Waals surface area (Å²) >= 11 is 0. The Balaban J connectivity index is 2.13. The molecule has 2 aromatic heterocycles. The molecule has 0 aliphatic heterocycles. The van der Waals surface area contributed by atoms with Crippen LogP contribution in [-0.4, -0.2) is 20.5 Å². The van der Waals surface area contributed by atoms with Crippen LogP contribution in [0, 0.1) is 0 Å². The summed E-state index contributed by atoms with van der Waals surface area (Å²) in [5.41, 5.74) is 2.41. The number of H-pyrrole nitrogens is 1. The third kappa shape index (κ3) is 1.67. The van der Waals surface area contributed by atoms with Crippen molar-refractivity contribution < 1.29 is 9.63 Å². The van der Waals surface area contributed by atoms with Crippen molar-refractivity contribution in [3.63, 3.8) is 0 Å². The summed E-state index contributed by atoms with van der Waals surface area (Å²) in [6.07, 6.45) is 3.22. The van der Waals surface area contributed by atoms with Gasteiger partial charge in [-0.05, 0) is 24.3 Å². The molecule has 0 radical (unpaired) electrons. The van der Waals surface area contributed by atoms with Crippen molar-refractivity contribution in [3.8, 4) is 28.3 Å². The maximum atomic E-state index is 9.79. The minimum Gasteiger partial charge on any atom is -0.507 e. The third-order valence-corrected chi connectivity index (χ3v) is 2.51. The highest BCUT2D eigenvalue weighted by Gasteiger charge is 2.10. The van der Waals surface area contributed by atoms with E-state index in [2.05, 4.69) is 15.4 Å². The standard InChI is InChI=1S/C12H9N3O2/c16-11-2-1-8(10-3-5-13-15-10)7-9(11)12-4-6-14-17-12/h1-7,16H,(H,13,15). The number of nitrogens with zero attached hydrogens (tertiary/aromatic N) is 2. The lowest BCUT2D eigenvalue weighted by atomic mass is 10.1. The molecular weight excluding hydrogens is 218 g/mol. The van der Waals surface area contributed by atoms with Gasteiger partial charge in [-0.15, -0.1) is 0 Å². The van der Waals surface area contributed by atoms with E-state index >= 15 is 0 Å². The summed E-state index contributed by atoms with van der Waals surface area (Å²) in [5.74, 6) is 0.689. The van der Waals surface area contributed by atoms with Gasteiger partial charge in [0.05, 0.1) is 17.5 Å². The average molecular weight is 227 g/mol. The van der Waals surface area contributed by atoms with Gasteiger partial charge in [0.1, 0.15) is 5.75 Å². The first kappa shape index (κ1) is 9.65. The molecule has 0 aliphatic rings. The van der Waals surface area contributed by atoms with Gasteiger partial charge in [0, 0.05) is 17.8 Å². The fourth-order valence-electron chi connectivity index (χ4n) is 1.67. The molecule has 0 aliphatic carbocycles. The molecule has 3 rings (SSSR count). The topological polar surface area (TPSA) is 74.9 Å². The number of aromatic nitrogens is 3. The summed E-state index contributed by atoms with van der Waals surface area (Å²) in [4.78, 5) is 0. The van der Waals surface area contributed by atoms with Crippen molar-refractivity contribution in [2.45, 2.75) is 0 Å². The van der Waals surface area contributed by atoms with Crippen LogP contribution in [0.15, 0.2) is 47.2 Å². The van der Waals surface area contributed by atoms with Crippen LogP contribution in [0.5, 0.6) is 5.75 Å². The molecule has 2 heterocycles. The third-order valence-electron chi connectivity index (χ3n) is 2.51. The lowest BCUT2D eigenvalue weighted by Crippen LogP contribution is -1.81.